The van der Waals surface area contributed by atoms with Crippen LogP contribution in [0.4, 0.5) is 15.8 Å². The first kappa shape index (κ1) is 20.4. The molecular formula is C19H18ClFN2O4. The van der Waals surface area contributed by atoms with E-state index in [0.29, 0.717) is 16.9 Å². The van der Waals surface area contributed by atoms with Crippen LogP contribution in [0, 0.1) is 5.82 Å². The Labute approximate surface area is 160 Å². The molecule has 27 heavy (non-hydrogen) atoms. The van der Waals surface area contributed by atoms with Crippen molar-refractivity contribution in [3.8, 4) is 0 Å². The summed E-state index contributed by atoms with van der Waals surface area (Å²) in [5.74, 6) is -1.66. The molecule has 2 amide bonds. The van der Waals surface area contributed by atoms with Gasteiger partial charge < -0.3 is 15.0 Å². The third-order valence-electron chi connectivity index (χ3n) is 3.75. The van der Waals surface area contributed by atoms with Gasteiger partial charge in [-0.3, -0.25) is 9.59 Å². The molecule has 6 nitrogen and oxygen atoms in total. The first-order valence-electron chi connectivity index (χ1n) is 8.03. The van der Waals surface area contributed by atoms with Crippen LogP contribution in [-0.4, -0.2) is 31.4 Å². The Morgan fingerprint density at radius 3 is 2.37 bits per heavy atom. The Balaban J connectivity index is 2.01. The van der Waals surface area contributed by atoms with E-state index in [1.807, 2.05) is 0 Å². The summed E-state index contributed by atoms with van der Waals surface area (Å²) in [5.41, 5.74) is 1.27. The summed E-state index contributed by atoms with van der Waals surface area (Å²) in [6.45, 7) is 1.51. The van der Waals surface area contributed by atoms with E-state index in [4.69, 9.17) is 11.6 Å². The van der Waals surface area contributed by atoms with Crippen molar-refractivity contribution in [3.63, 3.8) is 0 Å². The number of halogens is 2. The predicted octanol–water partition coefficient (Wildman–Crippen LogP) is 3.65. The van der Waals surface area contributed by atoms with Crippen molar-refractivity contribution in [1.82, 2.24) is 0 Å². The molecule has 8 heteroatoms. The summed E-state index contributed by atoms with van der Waals surface area (Å²) in [6, 6.07) is 10.1. The van der Waals surface area contributed by atoms with Gasteiger partial charge in [0.1, 0.15) is 5.82 Å². The topological polar surface area (TPSA) is 75.7 Å². The number of ether oxygens (including phenoxy) is 1. The van der Waals surface area contributed by atoms with E-state index < -0.39 is 11.8 Å². The maximum absolute atomic E-state index is 13.1. The van der Waals surface area contributed by atoms with Crippen molar-refractivity contribution in [2.75, 3.05) is 23.9 Å². The maximum atomic E-state index is 13.1. The van der Waals surface area contributed by atoms with E-state index in [1.165, 1.54) is 43.2 Å². The van der Waals surface area contributed by atoms with Gasteiger partial charge in [0.05, 0.1) is 17.7 Å². The van der Waals surface area contributed by atoms with Gasteiger partial charge in [-0.1, -0.05) is 11.6 Å². The Morgan fingerprint density at radius 1 is 1.15 bits per heavy atom. The van der Waals surface area contributed by atoms with E-state index in [0.717, 1.165) is 6.07 Å². The Morgan fingerprint density at radius 2 is 1.81 bits per heavy atom. The zero-order valence-corrected chi connectivity index (χ0v) is 15.5. The lowest BCUT2D eigenvalue weighted by Crippen LogP contribution is -2.32. The third kappa shape index (κ3) is 5.52. The molecule has 0 fully saturated rings. The normalized spacial score (nSPS) is 10.2. The summed E-state index contributed by atoms with van der Waals surface area (Å²) >= 11 is 5.68. The number of amides is 2. The highest BCUT2D eigenvalue weighted by Crippen LogP contribution is 2.20. The number of benzene rings is 2. The minimum Gasteiger partial charge on any atom is -0.465 e. The maximum Gasteiger partial charge on any atom is 0.337 e. The molecule has 2 aromatic carbocycles. The molecule has 1 N–H and O–H groups in total. The molecule has 142 valence electrons. The highest BCUT2D eigenvalue weighted by molar-refractivity contribution is 6.31. The van der Waals surface area contributed by atoms with Gasteiger partial charge in [0, 0.05) is 31.3 Å². The molecule has 2 aromatic rings. The molecule has 0 saturated carbocycles. The number of nitrogens with zero attached hydrogens (tertiary/aromatic N) is 1. The number of rotatable bonds is 6. The predicted molar refractivity (Wildman–Crippen MR) is 100 cm³/mol. The van der Waals surface area contributed by atoms with Gasteiger partial charge in [-0.15, -0.1) is 0 Å². The summed E-state index contributed by atoms with van der Waals surface area (Å²) < 4.78 is 17.8. The van der Waals surface area contributed by atoms with Crippen molar-refractivity contribution in [2.45, 2.75) is 13.3 Å². The van der Waals surface area contributed by atoms with E-state index in [9.17, 15) is 18.8 Å². The number of carbonyl (C=O) groups is 3. The summed E-state index contributed by atoms with van der Waals surface area (Å²) in [4.78, 5) is 36.9. The molecular weight excluding hydrogens is 375 g/mol. The monoisotopic (exact) mass is 392 g/mol. The van der Waals surface area contributed by atoms with E-state index in [1.54, 1.807) is 12.1 Å². The van der Waals surface area contributed by atoms with Crippen LogP contribution in [-0.2, 0) is 14.3 Å². The van der Waals surface area contributed by atoms with Gasteiger partial charge in [0.15, 0.2) is 0 Å². The second-order valence-electron chi connectivity index (χ2n) is 5.64. The van der Waals surface area contributed by atoms with Gasteiger partial charge in [-0.25, -0.2) is 9.18 Å². The lowest BCUT2D eigenvalue weighted by molar-refractivity contribution is -0.117. The van der Waals surface area contributed by atoms with Crippen molar-refractivity contribution in [1.29, 1.82) is 0 Å². The Kier molecular flexibility index (Phi) is 6.90. The number of esters is 1. The van der Waals surface area contributed by atoms with Crippen LogP contribution >= 0.6 is 11.6 Å². The van der Waals surface area contributed by atoms with Crippen LogP contribution in [0.2, 0.25) is 5.02 Å². The van der Waals surface area contributed by atoms with Crippen molar-refractivity contribution >= 4 is 40.8 Å². The number of anilines is 2. The number of methoxy groups -OCH3 is 1. The van der Waals surface area contributed by atoms with Crippen molar-refractivity contribution in [3.05, 3.63) is 58.9 Å². The average Bonchev–Trinajstić information content (AvgIpc) is 2.64. The van der Waals surface area contributed by atoms with E-state index in [-0.39, 0.29) is 29.8 Å². The highest BCUT2D eigenvalue weighted by atomic mass is 35.5. The fourth-order valence-electron chi connectivity index (χ4n) is 2.37. The number of hydrogen-bond donors (Lipinski definition) is 1. The Hall–Kier alpha value is -2.93. The van der Waals surface area contributed by atoms with Gasteiger partial charge in [0.2, 0.25) is 11.8 Å². The van der Waals surface area contributed by atoms with Crippen LogP contribution in [0.5, 0.6) is 0 Å². The molecule has 0 spiro atoms. The van der Waals surface area contributed by atoms with E-state index in [2.05, 4.69) is 10.1 Å². The fraction of sp³-hybridized carbons (Fsp3) is 0.211. The van der Waals surface area contributed by atoms with Crippen LogP contribution in [0.25, 0.3) is 0 Å². The molecule has 0 radical (unpaired) electrons. The first-order chi connectivity index (χ1) is 12.8. The largest absolute Gasteiger partial charge is 0.465 e. The van der Waals surface area contributed by atoms with Gasteiger partial charge in [0.25, 0.3) is 0 Å². The molecule has 0 atom stereocenters. The lowest BCUT2D eigenvalue weighted by atomic mass is 10.2. The Bertz CT molecular complexity index is 855. The van der Waals surface area contributed by atoms with Gasteiger partial charge >= 0.3 is 5.97 Å². The minimum absolute atomic E-state index is 0.0212. The van der Waals surface area contributed by atoms with Gasteiger partial charge in [-0.2, -0.15) is 0 Å². The van der Waals surface area contributed by atoms with Crippen LogP contribution in [0.15, 0.2) is 42.5 Å². The average molecular weight is 393 g/mol. The summed E-state index contributed by atoms with van der Waals surface area (Å²) in [7, 11) is 1.28. The standard InChI is InChI=1S/C19H18ClFN2O4/c1-12(24)23(15-6-3-13(4-7-15)19(26)27-2)10-9-18(25)22-14-5-8-17(21)16(20)11-14/h3-8,11H,9-10H2,1-2H3,(H,22,25). The summed E-state index contributed by atoms with van der Waals surface area (Å²) in [5, 5.41) is 2.50. The molecule has 0 aliphatic carbocycles. The number of nitrogens with one attached hydrogen (secondary N) is 1. The highest BCUT2D eigenvalue weighted by Gasteiger charge is 2.15. The lowest BCUT2D eigenvalue weighted by Gasteiger charge is -2.21. The molecule has 0 unspecified atom stereocenters. The zero-order chi connectivity index (χ0) is 20.0. The smallest absolute Gasteiger partial charge is 0.337 e. The van der Waals surface area contributed by atoms with Crippen LogP contribution < -0.4 is 10.2 Å². The molecule has 2 rings (SSSR count). The summed E-state index contributed by atoms with van der Waals surface area (Å²) in [6.07, 6.45) is 0.0212. The van der Waals surface area contributed by atoms with Crippen LogP contribution in [0.3, 0.4) is 0 Å². The third-order valence-corrected chi connectivity index (χ3v) is 4.04. The number of hydrogen-bond acceptors (Lipinski definition) is 4. The molecule has 0 bridgehead atoms. The van der Waals surface area contributed by atoms with Crippen LogP contribution in [0.1, 0.15) is 23.7 Å². The van der Waals surface area contributed by atoms with Crippen molar-refractivity contribution in [2.24, 2.45) is 0 Å². The second kappa shape index (κ2) is 9.14. The molecule has 0 saturated heterocycles. The second-order valence-corrected chi connectivity index (χ2v) is 6.04. The quantitative estimate of drug-likeness (QED) is 0.761. The zero-order valence-electron chi connectivity index (χ0n) is 14.8. The molecule has 0 aliphatic heterocycles. The molecule has 0 aromatic heterocycles. The van der Waals surface area contributed by atoms with Crippen molar-refractivity contribution < 1.29 is 23.5 Å². The molecule has 0 aliphatic rings. The fourth-order valence-corrected chi connectivity index (χ4v) is 2.55. The van der Waals surface area contributed by atoms with Gasteiger partial charge in [-0.05, 0) is 42.5 Å². The SMILES string of the molecule is COC(=O)c1ccc(N(CCC(=O)Nc2ccc(F)c(Cl)c2)C(C)=O)cc1. The minimum atomic E-state index is -0.576. The molecule has 0 heterocycles. The first-order valence-corrected chi connectivity index (χ1v) is 8.41. The number of carbonyl (C=O) groups excluding carboxylic acids is 3. The van der Waals surface area contributed by atoms with E-state index >= 15 is 0 Å².